The summed E-state index contributed by atoms with van der Waals surface area (Å²) in [6.07, 6.45) is 1.17. The van der Waals surface area contributed by atoms with E-state index in [2.05, 4.69) is 15.3 Å². The minimum Gasteiger partial charge on any atom is -0.396 e. The lowest BCUT2D eigenvalue weighted by molar-refractivity contribution is -0.388. The Balaban J connectivity index is 2.95. The Hall–Kier alpha value is -1.41. The number of hydrogen-bond acceptors (Lipinski definition) is 7. The molecule has 2 N–H and O–H groups in total. The molecule has 0 saturated heterocycles. The van der Waals surface area contributed by atoms with Crippen molar-refractivity contribution >= 4 is 23.4 Å². The van der Waals surface area contributed by atoms with E-state index in [9.17, 15) is 10.1 Å². The van der Waals surface area contributed by atoms with E-state index in [1.54, 1.807) is 0 Å². The molecule has 1 heterocycles. The number of anilines is 1. The third-order valence-electron chi connectivity index (χ3n) is 1.60. The van der Waals surface area contributed by atoms with E-state index in [-0.39, 0.29) is 17.3 Å². The zero-order valence-electron chi connectivity index (χ0n) is 8.71. The van der Waals surface area contributed by atoms with Crippen molar-refractivity contribution in [3.05, 3.63) is 16.3 Å². The van der Waals surface area contributed by atoms with Crippen molar-refractivity contribution in [3.8, 4) is 0 Å². The summed E-state index contributed by atoms with van der Waals surface area (Å²) >= 11 is 1.13. The van der Waals surface area contributed by atoms with E-state index in [1.165, 1.54) is 6.20 Å². The summed E-state index contributed by atoms with van der Waals surface area (Å²) in [6, 6.07) is 0. The van der Waals surface area contributed by atoms with E-state index in [0.717, 1.165) is 11.8 Å². The first-order valence-corrected chi connectivity index (χ1v) is 5.66. The number of thioether (sulfide) groups is 1. The van der Waals surface area contributed by atoms with Gasteiger partial charge in [0.2, 0.25) is 5.95 Å². The molecule has 0 atom stereocenters. The average molecular weight is 244 g/mol. The van der Waals surface area contributed by atoms with Gasteiger partial charge >= 0.3 is 5.69 Å². The lowest BCUT2D eigenvalue weighted by Gasteiger charge is -2.04. The summed E-state index contributed by atoms with van der Waals surface area (Å²) < 4.78 is 0. The third-order valence-corrected chi connectivity index (χ3v) is 2.56. The predicted molar refractivity (Wildman–Crippen MR) is 60.7 cm³/mol. The number of nitro groups is 1. The molecule has 0 aliphatic carbocycles. The average Bonchev–Trinajstić information content (AvgIpc) is 2.26. The van der Waals surface area contributed by atoms with Gasteiger partial charge in [-0.15, -0.1) is 0 Å². The summed E-state index contributed by atoms with van der Waals surface area (Å²) in [5.74, 6) is 0.720. The number of aliphatic hydroxyl groups is 1. The Morgan fingerprint density at radius 2 is 2.44 bits per heavy atom. The highest BCUT2D eigenvalue weighted by Gasteiger charge is 2.17. The van der Waals surface area contributed by atoms with Crippen LogP contribution in [0.15, 0.2) is 11.2 Å². The summed E-state index contributed by atoms with van der Waals surface area (Å²) in [7, 11) is 0. The van der Waals surface area contributed by atoms with Crippen LogP contribution in [0.5, 0.6) is 0 Å². The molecular weight excluding hydrogens is 232 g/mol. The van der Waals surface area contributed by atoms with E-state index < -0.39 is 4.92 Å². The molecule has 0 amide bonds. The fourth-order valence-corrected chi connectivity index (χ4v) is 1.69. The Morgan fingerprint density at radius 3 is 3.00 bits per heavy atom. The maximum absolute atomic E-state index is 10.7. The Bertz CT molecular complexity index is 374. The SMILES string of the molecule is CCNc1ncc([N+](=O)[O-])c(SCCO)n1. The quantitative estimate of drug-likeness (QED) is 0.332. The lowest BCUT2D eigenvalue weighted by Crippen LogP contribution is -2.05. The summed E-state index contributed by atoms with van der Waals surface area (Å²) in [4.78, 5) is 18.0. The number of nitrogens with zero attached hydrogens (tertiary/aromatic N) is 3. The van der Waals surface area contributed by atoms with Gasteiger partial charge < -0.3 is 10.4 Å². The van der Waals surface area contributed by atoms with Crippen molar-refractivity contribution in [3.63, 3.8) is 0 Å². The zero-order chi connectivity index (χ0) is 12.0. The van der Waals surface area contributed by atoms with Crippen LogP contribution in [-0.4, -0.2) is 38.9 Å². The van der Waals surface area contributed by atoms with Crippen molar-refractivity contribution in [2.24, 2.45) is 0 Å². The molecule has 7 nitrogen and oxygen atoms in total. The minimum absolute atomic E-state index is 0.0532. The smallest absolute Gasteiger partial charge is 0.319 e. The van der Waals surface area contributed by atoms with E-state index >= 15 is 0 Å². The van der Waals surface area contributed by atoms with E-state index in [4.69, 9.17) is 5.11 Å². The molecule has 1 rings (SSSR count). The first-order chi connectivity index (χ1) is 7.69. The molecule has 8 heteroatoms. The first kappa shape index (κ1) is 12.7. The van der Waals surface area contributed by atoms with Crippen molar-refractivity contribution in [1.29, 1.82) is 0 Å². The van der Waals surface area contributed by atoms with Crippen LogP contribution < -0.4 is 5.32 Å². The normalized spacial score (nSPS) is 10.1. The summed E-state index contributed by atoms with van der Waals surface area (Å²) in [6.45, 7) is 2.47. The second kappa shape index (κ2) is 6.23. The van der Waals surface area contributed by atoms with Gasteiger partial charge in [-0.3, -0.25) is 10.1 Å². The van der Waals surface area contributed by atoms with Crippen LogP contribution in [0.25, 0.3) is 0 Å². The highest BCUT2D eigenvalue weighted by atomic mass is 32.2. The summed E-state index contributed by atoms with van der Waals surface area (Å²) in [5.41, 5.74) is -0.139. The summed E-state index contributed by atoms with van der Waals surface area (Å²) in [5, 5.41) is 22.5. The van der Waals surface area contributed by atoms with Crippen molar-refractivity contribution in [2.45, 2.75) is 11.9 Å². The molecule has 0 saturated carbocycles. The largest absolute Gasteiger partial charge is 0.396 e. The van der Waals surface area contributed by atoms with Gasteiger partial charge in [0.15, 0.2) is 5.03 Å². The molecule has 1 aromatic heterocycles. The molecule has 0 fully saturated rings. The van der Waals surface area contributed by atoms with Gasteiger partial charge in [0, 0.05) is 12.3 Å². The number of hydrogen-bond donors (Lipinski definition) is 2. The second-order valence-corrected chi connectivity index (χ2v) is 3.83. The van der Waals surface area contributed by atoms with Crippen molar-refractivity contribution in [1.82, 2.24) is 9.97 Å². The molecule has 0 radical (unpaired) electrons. The van der Waals surface area contributed by atoms with E-state index in [0.29, 0.717) is 18.2 Å². The predicted octanol–water partition coefficient (Wildman–Crippen LogP) is 0.901. The molecule has 0 aromatic carbocycles. The van der Waals surface area contributed by atoms with Crippen LogP contribution in [0.4, 0.5) is 11.6 Å². The second-order valence-electron chi connectivity index (χ2n) is 2.74. The number of rotatable bonds is 6. The molecular formula is C8H12N4O3S. The molecule has 16 heavy (non-hydrogen) atoms. The minimum atomic E-state index is -0.532. The molecule has 0 bridgehead atoms. The van der Waals surface area contributed by atoms with Crippen molar-refractivity contribution < 1.29 is 10.0 Å². The van der Waals surface area contributed by atoms with Crippen LogP contribution in [0.2, 0.25) is 0 Å². The highest BCUT2D eigenvalue weighted by molar-refractivity contribution is 7.99. The van der Waals surface area contributed by atoms with Crippen LogP contribution in [0.1, 0.15) is 6.92 Å². The molecule has 0 aliphatic heterocycles. The lowest BCUT2D eigenvalue weighted by atomic mass is 10.5. The Kier molecular flexibility index (Phi) is 4.93. The fraction of sp³-hybridized carbons (Fsp3) is 0.500. The van der Waals surface area contributed by atoms with Gasteiger partial charge in [0.05, 0.1) is 11.5 Å². The van der Waals surface area contributed by atoms with Gasteiger partial charge in [-0.1, -0.05) is 11.8 Å². The van der Waals surface area contributed by atoms with Gasteiger partial charge in [-0.25, -0.2) is 4.98 Å². The van der Waals surface area contributed by atoms with Crippen LogP contribution in [-0.2, 0) is 0 Å². The monoisotopic (exact) mass is 244 g/mol. The van der Waals surface area contributed by atoms with Crippen LogP contribution in [0.3, 0.4) is 0 Å². The molecule has 0 spiro atoms. The van der Waals surface area contributed by atoms with Crippen molar-refractivity contribution in [2.75, 3.05) is 24.2 Å². The maximum Gasteiger partial charge on any atom is 0.319 e. The van der Waals surface area contributed by atoms with Crippen LogP contribution in [0, 0.1) is 10.1 Å². The number of nitrogens with one attached hydrogen (secondary N) is 1. The first-order valence-electron chi connectivity index (χ1n) is 4.68. The van der Waals surface area contributed by atoms with Gasteiger partial charge in [0.1, 0.15) is 6.20 Å². The zero-order valence-corrected chi connectivity index (χ0v) is 9.53. The van der Waals surface area contributed by atoms with Gasteiger partial charge in [-0.2, -0.15) is 4.98 Å². The van der Waals surface area contributed by atoms with Crippen LogP contribution >= 0.6 is 11.8 Å². The maximum atomic E-state index is 10.7. The molecule has 0 aliphatic rings. The molecule has 0 unspecified atom stereocenters. The number of aromatic nitrogens is 2. The number of aliphatic hydroxyl groups excluding tert-OH is 1. The highest BCUT2D eigenvalue weighted by Crippen LogP contribution is 2.26. The topological polar surface area (TPSA) is 101 Å². The van der Waals surface area contributed by atoms with E-state index in [1.807, 2.05) is 6.92 Å². The fourth-order valence-electron chi connectivity index (χ4n) is 0.977. The van der Waals surface area contributed by atoms with Gasteiger partial charge in [0.25, 0.3) is 0 Å². The molecule has 1 aromatic rings. The van der Waals surface area contributed by atoms with Gasteiger partial charge in [-0.05, 0) is 6.92 Å². The Labute approximate surface area is 96.5 Å². The third kappa shape index (κ3) is 3.31. The molecule has 88 valence electrons. The Morgan fingerprint density at radius 1 is 1.69 bits per heavy atom. The standard InChI is InChI=1S/C8H12N4O3S/c1-2-9-8-10-5-6(12(14)15)7(11-8)16-4-3-13/h5,13H,2-4H2,1H3,(H,9,10,11).